The minimum atomic E-state index is -1.31. The van der Waals surface area contributed by atoms with Crippen LogP contribution in [0.2, 0.25) is 0 Å². The van der Waals surface area contributed by atoms with Crippen LogP contribution in [0, 0.1) is 11.8 Å². The molecule has 0 bridgehead atoms. The third kappa shape index (κ3) is 2.81. The van der Waals surface area contributed by atoms with E-state index in [1.807, 2.05) is 0 Å². The monoisotopic (exact) mass is 258 g/mol. The van der Waals surface area contributed by atoms with Crippen LogP contribution in [0.25, 0.3) is 0 Å². The van der Waals surface area contributed by atoms with Gasteiger partial charge in [-0.3, -0.25) is 4.79 Å². The molecule has 1 rings (SSSR count). The molecule has 0 aromatic carbocycles. The third-order valence-electron chi connectivity index (χ3n) is 3.13. The molecule has 0 spiro atoms. The normalized spacial score (nSPS) is 11.4. The van der Waals surface area contributed by atoms with Gasteiger partial charge in [0.05, 0.1) is 17.7 Å². The van der Waals surface area contributed by atoms with Crippen LogP contribution >= 0.6 is 0 Å². The average Bonchev–Trinajstić information content (AvgIpc) is 2.39. The Morgan fingerprint density at radius 3 is 2.56 bits per heavy atom. The Balaban J connectivity index is 2.98. The Morgan fingerprint density at radius 1 is 1.44 bits per heavy atom. The number of carbonyl (C=O) groups excluding carboxylic acids is 1. The molecule has 0 aliphatic carbocycles. The lowest BCUT2D eigenvalue weighted by Crippen LogP contribution is -2.50. The summed E-state index contributed by atoms with van der Waals surface area (Å²) in [5.41, 5.74) is -1.23. The van der Waals surface area contributed by atoms with Crippen molar-refractivity contribution in [3.8, 4) is 0 Å². The van der Waals surface area contributed by atoms with Gasteiger partial charge in [-0.1, -0.05) is 13.8 Å². The lowest BCUT2D eigenvalue weighted by molar-refractivity contribution is 0.0812. The fraction of sp³-hybridized carbons (Fsp3) is 0.500. The van der Waals surface area contributed by atoms with Gasteiger partial charge < -0.3 is 10.4 Å². The zero-order chi connectivity index (χ0) is 13.8. The zero-order valence-corrected chi connectivity index (χ0v) is 10.3. The van der Waals surface area contributed by atoms with E-state index in [4.69, 9.17) is 0 Å². The molecule has 1 aromatic rings. The molecule has 0 fully saturated rings. The quantitative estimate of drug-likeness (QED) is 0.789. The largest absolute Gasteiger partial charge is 0.394 e. The van der Waals surface area contributed by atoms with Crippen LogP contribution in [-0.4, -0.2) is 28.1 Å². The number of pyridine rings is 1. The van der Waals surface area contributed by atoms with Crippen LogP contribution in [0.5, 0.6) is 0 Å². The van der Waals surface area contributed by atoms with Crippen LogP contribution in [-0.2, 0) is 0 Å². The molecule has 4 nitrogen and oxygen atoms in total. The molecule has 1 amide bonds. The van der Waals surface area contributed by atoms with E-state index < -0.39 is 28.8 Å². The smallest absolute Gasteiger partial charge is 0.254 e. The maximum atomic E-state index is 13.4. The summed E-state index contributed by atoms with van der Waals surface area (Å²) in [6.07, 6.45) is 1.99. The number of amides is 1. The molecular weight excluding hydrogens is 242 g/mol. The summed E-state index contributed by atoms with van der Waals surface area (Å²) in [6, 6.07) is 1.10. The van der Waals surface area contributed by atoms with Crippen molar-refractivity contribution in [2.45, 2.75) is 32.2 Å². The summed E-state index contributed by atoms with van der Waals surface area (Å²) >= 11 is 0. The van der Waals surface area contributed by atoms with Crippen LogP contribution in [0.1, 0.15) is 37.0 Å². The summed E-state index contributed by atoms with van der Waals surface area (Å²) in [6.45, 7) is 3.33. The van der Waals surface area contributed by atoms with Crippen LogP contribution in [0.3, 0.4) is 0 Å². The zero-order valence-electron chi connectivity index (χ0n) is 10.3. The molecule has 1 aromatic heterocycles. The molecule has 18 heavy (non-hydrogen) atoms. The van der Waals surface area contributed by atoms with Crippen LogP contribution < -0.4 is 5.32 Å². The molecule has 0 aliphatic rings. The Morgan fingerprint density at radius 2 is 2.06 bits per heavy atom. The highest BCUT2D eigenvalue weighted by atomic mass is 19.2. The summed E-state index contributed by atoms with van der Waals surface area (Å²) in [5.74, 6) is -3.36. The number of aliphatic hydroxyl groups excluding tert-OH is 1. The minimum absolute atomic E-state index is 0.263. The van der Waals surface area contributed by atoms with E-state index in [0.717, 1.165) is 12.3 Å². The molecule has 0 aliphatic heterocycles. The van der Waals surface area contributed by atoms with Crippen molar-refractivity contribution in [1.82, 2.24) is 10.3 Å². The molecule has 0 saturated carbocycles. The maximum Gasteiger partial charge on any atom is 0.254 e. The summed E-state index contributed by atoms with van der Waals surface area (Å²) in [7, 11) is 0. The van der Waals surface area contributed by atoms with Gasteiger partial charge in [-0.2, -0.15) is 4.39 Å². The third-order valence-corrected chi connectivity index (χ3v) is 3.13. The van der Waals surface area contributed by atoms with Gasteiger partial charge in [0.25, 0.3) is 5.91 Å². The average molecular weight is 258 g/mol. The number of hydrogen-bond donors (Lipinski definition) is 2. The van der Waals surface area contributed by atoms with E-state index >= 15 is 0 Å². The number of hydrogen-bond acceptors (Lipinski definition) is 3. The van der Waals surface area contributed by atoms with Crippen LogP contribution in [0.4, 0.5) is 8.78 Å². The molecule has 6 heteroatoms. The van der Waals surface area contributed by atoms with Crippen molar-refractivity contribution in [2.75, 3.05) is 6.61 Å². The fourth-order valence-electron chi connectivity index (χ4n) is 1.59. The van der Waals surface area contributed by atoms with Crippen LogP contribution in [0.15, 0.2) is 12.3 Å². The van der Waals surface area contributed by atoms with Crippen molar-refractivity contribution >= 4 is 5.91 Å². The Kier molecular flexibility index (Phi) is 4.72. The predicted octanol–water partition coefficient (Wildman–Crippen LogP) is 1.64. The second-order valence-corrected chi connectivity index (χ2v) is 4.06. The highest BCUT2D eigenvalue weighted by molar-refractivity contribution is 5.94. The first-order valence-corrected chi connectivity index (χ1v) is 5.73. The highest BCUT2D eigenvalue weighted by Gasteiger charge is 2.29. The van der Waals surface area contributed by atoms with Gasteiger partial charge in [0.2, 0.25) is 5.95 Å². The van der Waals surface area contributed by atoms with Crippen molar-refractivity contribution < 1.29 is 18.7 Å². The van der Waals surface area contributed by atoms with Gasteiger partial charge in [-0.05, 0) is 18.9 Å². The Hall–Kier alpha value is -1.56. The molecule has 0 saturated heterocycles. The second kappa shape index (κ2) is 5.86. The van der Waals surface area contributed by atoms with Gasteiger partial charge in [-0.25, -0.2) is 9.37 Å². The molecule has 0 unspecified atom stereocenters. The lowest BCUT2D eigenvalue weighted by atomic mass is 9.93. The van der Waals surface area contributed by atoms with Gasteiger partial charge >= 0.3 is 0 Å². The molecule has 0 radical (unpaired) electrons. The number of rotatable bonds is 5. The molecule has 2 N–H and O–H groups in total. The van der Waals surface area contributed by atoms with E-state index in [1.165, 1.54) is 0 Å². The van der Waals surface area contributed by atoms with E-state index in [-0.39, 0.29) is 6.61 Å². The van der Waals surface area contributed by atoms with Gasteiger partial charge in [0.15, 0.2) is 5.82 Å². The standard InChI is InChI=1S/C12H16F2N2O2/c1-3-12(4-2,7-17)16-11(18)8-5-6-15-10(14)9(8)13/h5-6,17H,3-4,7H2,1-2H3,(H,16,18). The first-order valence-electron chi connectivity index (χ1n) is 5.73. The van der Waals surface area contributed by atoms with Crippen molar-refractivity contribution in [2.24, 2.45) is 0 Å². The van der Waals surface area contributed by atoms with Gasteiger partial charge in [0.1, 0.15) is 0 Å². The van der Waals surface area contributed by atoms with Gasteiger partial charge in [-0.15, -0.1) is 0 Å². The second-order valence-electron chi connectivity index (χ2n) is 4.06. The summed E-state index contributed by atoms with van der Waals surface area (Å²) in [5, 5.41) is 11.8. The molecular formula is C12H16F2N2O2. The van der Waals surface area contributed by atoms with E-state index in [9.17, 15) is 18.7 Å². The number of halogens is 2. The fourth-order valence-corrected chi connectivity index (χ4v) is 1.59. The predicted molar refractivity (Wildman–Crippen MR) is 62.0 cm³/mol. The van der Waals surface area contributed by atoms with E-state index in [1.54, 1.807) is 13.8 Å². The minimum Gasteiger partial charge on any atom is -0.394 e. The number of carbonyl (C=O) groups is 1. The maximum absolute atomic E-state index is 13.4. The SMILES string of the molecule is CCC(CC)(CO)NC(=O)c1ccnc(F)c1F. The van der Waals surface area contributed by atoms with Crippen molar-refractivity contribution in [3.63, 3.8) is 0 Å². The van der Waals surface area contributed by atoms with E-state index in [2.05, 4.69) is 10.3 Å². The Labute approximate surface area is 104 Å². The molecule has 0 atom stereocenters. The molecule has 100 valence electrons. The molecule has 1 heterocycles. The Bertz CT molecular complexity index is 426. The summed E-state index contributed by atoms with van der Waals surface area (Å²) in [4.78, 5) is 15.0. The summed E-state index contributed by atoms with van der Waals surface area (Å²) < 4.78 is 26.3. The highest BCUT2D eigenvalue weighted by Crippen LogP contribution is 2.16. The number of nitrogens with one attached hydrogen (secondary N) is 1. The topological polar surface area (TPSA) is 62.2 Å². The number of nitrogens with zero attached hydrogens (tertiary/aromatic N) is 1. The van der Waals surface area contributed by atoms with Gasteiger partial charge in [0, 0.05) is 6.20 Å². The van der Waals surface area contributed by atoms with Crippen molar-refractivity contribution in [1.29, 1.82) is 0 Å². The number of aromatic nitrogens is 1. The first-order chi connectivity index (χ1) is 8.49. The van der Waals surface area contributed by atoms with E-state index in [0.29, 0.717) is 12.8 Å². The lowest BCUT2D eigenvalue weighted by Gasteiger charge is -2.30. The number of aliphatic hydroxyl groups is 1. The van der Waals surface area contributed by atoms with Crippen molar-refractivity contribution in [3.05, 3.63) is 29.6 Å². The first kappa shape index (κ1) is 14.5.